The molecule has 2 aliphatic rings. The molecule has 0 aromatic rings. The summed E-state index contributed by atoms with van der Waals surface area (Å²) in [4.78, 5) is 30.3. The number of hydrogen-bond donors (Lipinski definition) is 1. The van der Waals surface area contributed by atoms with Gasteiger partial charge in [0.25, 0.3) is 0 Å². The third-order valence-electron chi connectivity index (χ3n) is 4.27. The topological polar surface area (TPSA) is 108 Å². The second kappa shape index (κ2) is 16.7. The molecule has 4 atom stereocenters. The largest absolute Gasteiger partial charge is 0.460 e. The number of aliphatic hydroxyl groups is 1. The number of esters is 3. The predicted octanol–water partition coefficient (Wildman–Crippen LogP) is 2.87. The van der Waals surface area contributed by atoms with Gasteiger partial charge in [-0.15, -0.1) is 13.2 Å². The van der Waals surface area contributed by atoms with Crippen LogP contribution in [0, 0.1) is 0 Å². The standard InChI is InChI=1S/C10H16O3.C8H14O2.C4H6O3/c1-3-7-12-9-5-4-6-10(9)13-8(2)11;1-2-6-10-8-5-3-4-7(8)9;1-3(5)7-4(2)6/h3,9-10H,1,4-7H2,2H3;2,7-9H,1,3-6H2;1-2H3/t9-,10?;7-,8-;/m11./s1. The van der Waals surface area contributed by atoms with Crippen LogP contribution in [0.25, 0.3) is 0 Å². The summed E-state index contributed by atoms with van der Waals surface area (Å²) in [5.41, 5.74) is 0. The number of aliphatic hydroxyl groups excluding tert-OH is 1. The van der Waals surface area contributed by atoms with Gasteiger partial charge in [-0.2, -0.15) is 0 Å². The molecule has 0 heterocycles. The molecule has 30 heavy (non-hydrogen) atoms. The van der Waals surface area contributed by atoms with Crippen LogP contribution >= 0.6 is 0 Å². The number of carbonyl (C=O) groups excluding carboxylic acids is 3. The molecule has 0 saturated heterocycles. The smallest absolute Gasteiger partial charge is 0.310 e. The van der Waals surface area contributed by atoms with E-state index in [-0.39, 0.29) is 30.4 Å². The van der Waals surface area contributed by atoms with Gasteiger partial charge >= 0.3 is 17.9 Å². The fourth-order valence-electron chi connectivity index (χ4n) is 3.12. The Morgan fingerprint density at radius 3 is 1.67 bits per heavy atom. The van der Waals surface area contributed by atoms with Crippen LogP contribution in [0.2, 0.25) is 0 Å². The van der Waals surface area contributed by atoms with Crippen molar-refractivity contribution in [1.29, 1.82) is 0 Å². The molecule has 2 fully saturated rings. The molecule has 1 N–H and O–H groups in total. The van der Waals surface area contributed by atoms with Crippen molar-refractivity contribution in [2.45, 2.75) is 83.7 Å². The van der Waals surface area contributed by atoms with Crippen LogP contribution in [0.15, 0.2) is 25.3 Å². The second-order valence-electron chi connectivity index (χ2n) is 6.98. The van der Waals surface area contributed by atoms with Crippen LogP contribution < -0.4 is 0 Å². The van der Waals surface area contributed by atoms with Crippen molar-refractivity contribution in [3.8, 4) is 0 Å². The molecule has 0 spiro atoms. The van der Waals surface area contributed by atoms with Crippen LogP contribution in [-0.4, -0.2) is 60.6 Å². The Kier molecular flexibility index (Phi) is 15.6. The summed E-state index contributed by atoms with van der Waals surface area (Å²) in [6, 6.07) is 0. The van der Waals surface area contributed by atoms with Gasteiger partial charge in [-0.05, 0) is 38.5 Å². The first-order valence-corrected chi connectivity index (χ1v) is 10.2. The van der Waals surface area contributed by atoms with E-state index in [4.69, 9.17) is 14.2 Å². The Morgan fingerprint density at radius 1 is 0.800 bits per heavy atom. The number of hydrogen-bond acceptors (Lipinski definition) is 8. The first kappa shape index (κ1) is 28.0. The highest BCUT2D eigenvalue weighted by Gasteiger charge is 2.30. The fourth-order valence-corrected chi connectivity index (χ4v) is 3.12. The molecule has 0 aliphatic heterocycles. The monoisotopic (exact) mass is 428 g/mol. The number of rotatable bonds is 7. The van der Waals surface area contributed by atoms with Crippen molar-refractivity contribution < 1.29 is 38.4 Å². The molecule has 8 heteroatoms. The van der Waals surface area contributed by atoms with Crippen LogP contribution in [0.4, 0.5) is 0 Å². The average Bonchev–Trinajstić information content (AvgIpc) is 3.26. The molecular formula is C22H36O8. The summed E-state index contributed by atoms with van der Waals surface area (Å²) in [5.74, 6) is -1.35. The maximum atomic E-state index is 10.7. The molecule has 0 amide bonds. The molecule has 0 bridgehead atoms. The molecule has 0 aromatic carbocycles. The summed E-state index contributed by atoms with van der Waals surface area (Å²) in [6.07, 6.45) is 9.22. The molecule has 0 radical (unpaired) electrons. The molecule has 0 aromatic heterocycles. The van der Waals surface area contributed by atoms with Crippen molar-refractivity contribution in [2.24, 2.45) is 0 Å². The third-order valence-corrected chi connectivity index (χ3v) is 4.27. The van der Waals surface area contributed by atoms with Crippen LogP contribution in [0.3, 0.4) is 0 Å². The Morgan fingerprint density at radius 2 is 1.27 bits per heavy atom. The first-order chi connectivity index (χ1) is 14.2. The Balaban J connectivity index is 0.000000442. The predicted molar refractivity (Wildman–Crippen MR) is 112 cm³/mol. The lowest BCUT2D eigenvalue weighted by Gasteiger charge is -2.18. The van der Waals surface area contributed by atoms with E-state index in [1.54, 1.807) is 12.2 Å². The zero-order chi connectivity index (χ0) is 22.9. The summed E-state index contributed by atoms with van der Waals surface area (Å²) in [5, 5.41) is 9.26. The van der Waals surface area contributed by atoms with Gasteiger partial charge in [-0.1, -0.05) is 12.2 Å². The summed E-state index contributed by atoms with van der Waals surface area (Å²) < 4.78 is 19.9. The van der Waals surface area contributed by atoms with Crippen molar-refractivity contribution >= 4 is 17.9 Å². The van der Waals surface area contributed by atoms with Crippen molar-refractivity contribution in [2.75, 3.05) is 13.2 Å². The molecule has 2 rings (SSSR count). The Hall–Kier alpha value is -2.03. The van der Waals surface area contributed by atoms with Crippen LogP contribution in [0.1, 0.15) is 59.3 Å². The number of ether oxygens (including phenoxy) is 4. The summed E-state index contributed by atoms with van der Waals surface area (Å²) >= 11 is 0. The van der Waals surface area contributed by atoms with Gasteiger partial charge < -0.3 is 24.1 Å². The average molecular weight is 429 g/mol. The molecule has 172 valence electrons. The van der Waals surface area contributed by atoms with E-state index in [1.165, 1.54) is 20.8 Å². The second-order valence-corrected chi connectivity index (χ2v) is 6.98. The van der Waals surface area contributed by atoms with Gasteiger partial charge in [0.2, 0.25) is 0 Å². The van der Waals surface area contributed by atoms with Crippen LogP contribution in [-0.2, 0) is 33.3 Å². The lowest BCUT2D eigenvalue weighted by Crippen LogP contribution is -2.27. The van der Waals surface area contributed by atoms with Gasteiger partial charge in [0.15, 0.2) is 0 Å². The quantitative estimate of drug-likeness (QED) is 0.375. The minimum Gasteiger partial charge on any atom is -0.460 e. The fraction of sp³-hybridized carbons (Fsp3) is 0.682. The molecule has 8 nitrogen and oxygen atoms in total. The van der Waals surface area contributed by atoms with Gasteiger partial charge in [0.05, 0.1) is 31.5 Å². The lowest BCUT2D eigenvalue weighted by atomic mass is 10.2. The summed E-state index contributed by atoms with van der Waals surface area (Å²) in [6.45, 7) is 12.0. The van der Waals surface area contributed by atoms with Crippen LogP contribution in [0.5, 0.6) is 0 Å². The lowest BCUT2D eigenvalue weighted by molar-refractivity contribution is -0.156. The molecule has 2 saturated carbocycles. The van der Waals surface area contributed by atoms with E-state index >= 15 is 0 Å². The van der Waals surface area contributed by atoms with E-state index in [0.717, 1.165) is 38.5 Å². The molecule has 1 unspecified atom stereocenters. The highest BCUT2D eigenvalue weighted by Crippen LogP contribution is 2.25. The first-order valence-electron chi connectivity index (χ1n) is 10.2. The minimum atomic E-state index is -0.562. The van der Waals surface area contributed by atoms with E-state index < -0.39 is 11.9 Å². The SMILES string of the molecule is C=CCO[C@@H]1CCCC1OC(C)=O.C=CCO[C@@H]1CCC[C@H]1O.CC(=O)OC(C)=O. The van der Waals surface area contributed by atoms with Crippen molar-refractivity contribution in [3.63, 3.8) is 0 Å². The van der Waals surface area contributed by atoms with Gasteiger partial charge in [-0.3, -0.25) is 14.4 Å². The maximum Gasteiger partial charge on any atom is 0.310 e. The van der Waals surface area contributed by atoms with E-state index in [9.17, 15) is 19.5 Å². The van der Waals surface area contributed by atoms with E-state index in [1.807, 2.05) is 0 Å². The normalized spacial score (nSPS) is 24.4. The van der Waals surface area contributed by atoms with E-state index in [2.05, 4.69) is 17.9 Å². The van der Waals surface area contributed by atoms with Crippen molar-refractivity contribution in [3.05, 3.63) is 25.3 Å². The minimum absolute atomic E-state index is 0.0440. The highest BCUT2D eigenvalue weighted by molar-refractivity contribution is 5.82. The van der Waals surface area contributed by atoms with E-state index in [0.29, 0.717) is 13.2 Å². The highest BCUT2D eigenvalue weighted by atomic mass is 16.6. The number of carbonyl (C=O) groups is 3. The van der Waals surface area contributed by atoms with Gasteiger partial charge in [-0.25, -0.2) is 0 Å². The van der Waals surface area contributed by atoms with Gasteiger partial charge in [0, 0.05) is 20.8 Å². The zero-order valence-corrected chi connectivity index (χ0v) is 18.3. The third kappa shape index (κ3) is 14.0. The molecular weight excluding hydrogens is 392 g/mol. The Bertz CT molecular complexity index is 533. The Labute approximate surface area is 179 Å². The maximum absolute atomic E-state index is 10.7. The zero-order valence-electron chi connectivity index (χ0n) is 18.3. The van der Waals surface area contributed by atoms with Crippen molar-refractivity contribution in [1.82, 2.24) is 0 Å². The summed E-state index contributed by atoms with van der Waals surface area (Å²) in [7, 11) is 0. The molecule has 2 aliphatic carbocycles. The van der Waals surface area contributed by atoms with Gasteiger partial charge in [0.1, 0.15) is 6.10 Å².